The molecule has 3 aliphatic rings. The Bertz CT molecular complexity index is 2470. The van der Waals surface area contributed by atoms with Gasteiger partial charge in [-0.15, -0.1) is 0 Å². The van der Waals surface area contributed by atoms with Crippen LogP contribution in [-0.2, 0) is 11.8 Å². The van der Waals surface area contributed by atoms with Gasteiger partial charge in [0.25, 0.3) is 0 Å². The van der Waals surface area contributed by atoms with Gasteiger partial charge in [0, 0.05) is 5.57 Å². The van der Waals surface area contributed by atoms with Crippen LogP contribution < -0.4 is 0 Å². The number of nitrogens with zero attached hydrogens (tertiary/aromatic N) is 2. The molecule has 3 aliphatic carbocycles. The number of amidine groups is 1. The lowest BCUT2D eigenvalue weighted by Gasteiger charge is -2.35. The molecule has 60 heavy (non-hydrogen) atoms. The number of aliphatic imine (C=N–C) groups is 2. The summed E-state index contributed by atoms with van der Waals surface area (Å²) in [6.07, 6.45) is 41.4. The zero-order valence-electron chi connectivity index (χ0n) is 36.3. The highest BCUT2D eigenvalue weighted by atomic mass is 14.9. The summed E-state index contributed by atoms with van der Waals surface area (Å²) in [5.74, 6) is 0.592. The van der Waals surface area contributed by atoms with E-state index in [-0.39, 0.29) is 0 Å². The predicted octanol–water partition coefficient (Wildman–Crippen LogP) is 15.8. The van der Waals surface area contributed by atoms with Crippen LogP contribution in [0.2, 0.25) is 0 Å². The van der Waals surface area contributed by atoms with E-state index in [1.54, 1.807) is 6.08 Å². The lowest BCUT2D eigenvalue weighted by molar-refractivity contribution is 0.745. The fraction of sp³-hybridized carbons (Fsp3) is 0.172. The topological polar surface area (TPSA) is 24.7 Å². The Morgan fingerprint density at radius 3 is 2.27 bits per heavy atom. The fourth-order valence-electron chi connectivity index (χ4n) is 8.20. The van der Waals surface area contributed by atoms with Crippen LogP contribution in [0.3, 0.4) is 0 Å². The molecule has 0 saturated heterocycles. The van der Waals surface area contributed by atoms with Gasteiger partial charge in [-0.1, -0.05) is 214 Å². The van der Waals surface area contributed by atoms with Crippen LogP contribution in [0.4, 0.5) is 0 Å². The molecule has 0 aliphatic heterocycles. The molecule has 1 unspecified atom stereocenters. The molecule has 0 spiro atoms. The van der Waals surface area contributed by atoms with Crippen molar-refractivity contribution >= 4 is 12.6 Å². The quantitative estimate of drug-likeness (QED) is 0.0937. The van der Waals surface area contributed by atoms with Gasteiger partial charge in [-0.2, -0.15) is 0 Å². The van der Waals surface area contributed by atoms with Gasteiger partial charge in [-0.25, -0.2) is 9.98 Å². The van der Waals surface area contributed by atoms with Gasteiger partial charge in [0.15, 0.2) is 5.84 Å². The van der Waals surface area contributed by atoms with E-state index in [4.69, 9.17) is 0 Å². The minimum atomic E-state index is -0.410. The molecular formula is C58H60N2. The fourth-order valence-corrected chi connectivity index (χ4v) is 8.20. The zero-order valence-corrected chi connectivity index (χ0v) is 36.3. The Morgan fingerprint density at radius 2 is 1.58 bits per heavy atom. The van der Waals surface area contributed by atoms with Crippen molar-refractivity contribution in [1.82, 2.24) is 0 Å². The van der Waals surface area contributed by atoms with E-state index in [1.807, 2.05) is 37.3 Å². The molecule has 0 N–H and O–H groups in total. The minimum absolute atomic E-state index is 0.410. The van der Waals surface area contributed by atoms with E-state index in [0.717, 1.165) is 42.4 Å². The van der Waals surface area contributed by atoms with Gasteiger partial charge in [0.2, 0.25) is 0 Å². The van der Waals surface area contributed by atoms with Crippen molar-refractivity contribution < 1.29 is 0 Å². The van der Waals surface area contributed by atoms with Crippen molar-refractivity contribution in [3.63, 3.8) is 0 Å². The van der Waals surface area contributed by atoms with Crippen LogP contribution in [0, 0.1) is 0 Å². The maximum Gasteiger partial charge on any atom is 0.159 e. The summed E-state index contributed by atoms with van der Waals surface area (Å²) in [6.45, 7) is 26.3. The van der Waals surface area contributed by atoms with Crippen LogP contribution in [0.5, 0.6) is 0 Å². The van der Waals surface area contributed by atoms with Crippen LogP contribution in [0.15, 0.2) is 245 Å². The number of hydrogen-bond acceptors (Lipinski definition) is 1. The lowest BCUT2D eigenvalue weighted by atomic mass is 9.66. The molecule has 302 valence electrons. The highest BCUT2D eigenvalue weighted by molar-refractivity contribution is 6.06. The number of allylic oxidation sites excluding steroid dienone is 21. The van der Waals surface area contributed by atoms with Crippen LogP contribution >= 0.6 is 0 Å². The summed E-state index contributed by atoms with van der Waals surface area (Å²) in [6, 6.07) is 24.7. The van der Waals surface area contributed by atoms with E-state index in [0.29, 0.717) is 11.5 Å². The van der Waals surface area contributed by atoms with Crippen LogP contribution in [0.1, 0.15) is 70.6 Å². The Balaban J connectivity index is 0.000000247. The molecule has 3 aromatic carbocycles. The molecule has 0 bridgehead atoms. The monoisotopic (exact) mass is 784 g/mol. The number of fused-ring (bicyclic) bond motifs is 3. The molecule has 3 aromatic rings. The van der Waals surface area contributed by atoms with E-state index in [1.165, 1.54) is 55.7 Å². The minimum Gasteiger partial charge on any atom is -0.245 e. The van der Waals surface area contributed by atoms with Crippen molar-refractivity contribution in [2.45, 2.75) is 65.7 Å². The first-order chi connectivity index (χ1) is 29.3. The van der Waals surface area contributed by atoms with Gasteiger partial charge in [-0.3, -0.25) is 0 Å². The molecular weight excluding hydrogens is 725 g/mol. The summed E-state index contributed by atoms with van der Waals surface area (Å²) in [7, 11) is 0. The molecule has 2 nitrogen and oxygen atoms in total. The molecule has 0 fully saturated rings. The first-order valence-corrected chi connectivity index (χ1v) is 21.0. The molecule has 1 atom stereocenters. The number of hydrogen-bond donors (Lipinski definition) is 0. The lowest BCUT2D eigenvalue weighted by Crippen LogP contribution is -2.29. The van der Waals surface area contributed by atoms with Gasteiger partial charge in [0.05, 0.1) is 11.1 Å². The largest absolute Gasteiger partial charge is 0.245 e. The van der Waals surface area contributed by atoms with Crippen LogP contribution in [0.25, 0.3) is 22.3 Å². The molecule has 0 aromatic heterocycles. The van der Waals surface area contributed by atoms with E-state index in [9.17, 15) is 0 Å². The second-order valence-electron chi connectivity index (χ2n) is 14.9. The highest BCUT2D eigenvalue weighted by Crippen LogP contribution is 2.58. The molecule has 0 radical (unpaired) electrons. The average Bonchev–Trinajstić information content (AvgIpc) is 3.47. The number of benzene rings is 3. The maximum absolute atomic E-state index is 4.65. The molecule has 0 amide bonds. The first kappa shape index (κ1) is 44.5. The first-order valence-electron chi connectivity index (χ1n) is 21.0. The van der Waals surface area contributed by atoms with Gasteiger partial charge < -0.3 is 0 Å². The third kappa shape index (κ3) is 9.79. The van der Waals surface area contributed by atoms with Gasteiger partial charge >= 0.3 is 0 Å². The van der Waals surface area contributed by atoms with E-state index < -0.39 is 5.41 Å². The second kappa shape index (κ2) is 21.9. The van der Waals surface area contributed by atoms with Crippen molar-refractivity contribution in [3.8, 4) is 22.3 Å². The molecule has 0 saturated carbocycles. The standard InChI is InChI=1S/C36H36.C22H24N2/c1-6-10-11-12-18-27(5)36(30(16-7-2)17-8-3)33-21-14-13-19-32(33)35-31(20-15-22-34(35)36)29-25-23-28(9-4)24-26-29;1-5-6-15-20-17(2)12-10-11-16-21(20)22(23-4)24-18(3)19-13-8-7-9-14-19/h6-8,10-26H,2,9H2,1,3-5H3;5-6,8,10-11,13-16H,1,3-4,7,9,12H2,2H3/b10-6-,12-11-,17-8-,27-18+,30-16+;15-6-,24-22?. The normalized spacial score (nSPS) is 18.0. The predicted molar refractivity (Wildman–Crippen MR) is 265 cm³/mol. The SMILES string of the molecule is C=C/C=C(\C=C/C)C1(/C(C)=C/C=C\C=C/C)c2ccccc2-c2c(-c3ccc(CC)cc3)cccc21.C=C/C=C\C1=C(C)CC=CC=C1C(N=C)=NC(=C)C1=CCCC=C1. The zero-order chi connectivity index (χ0) is 42.9. The maximum atomic E-state index is 4.65. The summed E-state index contributed by atoms with van der Waals surface area (Å²) >= 11 is 0. The summed E-state index contributed by atoms with van der Waals surface area (Å²) in [4.78, 5) is 8.83. The van der Waals surface area contributed by atoms with E-state index in [2.05, 4.69) is 204 Å². The van der Waals surface area contributed by atoms with Crippen molar-refractivity contribution in [2.24, 2.45) is 9.98 Å². The third-order valence-electron chi connectivity index (χ3n) is 11.1. The smallest absolute Gasteiger partial charge is 0.159 e. The Morgan fingerprint density at radius 1 is 0.817 bits per heavy atom. The molecule has 6 rings (SSSR count). The van der Waals surface area contributed by atoms with Crippen molar-refractivity contribution in [1.29, 1.82) is 0 Å². The Kier molecular flexibility index (Phi) is 16.3. The summed E-state index contributed by atoms with van der Waals surface area (Å²) in [5, 5.41) is 0. The van der Waals surface area contributed by atoms with Gasteiger partial charge in [0.1, 0.15) is 0 Å². The van der Waals surface area contributed by atoms with Crippen LogP contribution in [-0.4, -0.2) is 12.6 Å². The third-order valence-corrected chi connectivity index (χ3v) is 11.1. The highest BCUT2D eigenvalue weighted by Gasteiger charge is 2.47. The second-order valence-corrected chi connectivity index (χ2v) is 14.9. The summed E-state index contributed by atoms with van der Waals surface area (Å²) in [5.41, 5.74) is 16.3. The Labute approximate surface area is 360 Å². The molecule has 0 heterocycles. The van der Waals surface area contributed by atoms with Gasteiger partial charge in [-0.05, 0) is 116 Å². The van der Waals surface area contributed by atoms with Crippen molar-refractivity contribution in [3.05, 3.63) is 252 Å². The average molecular weight is 785 g/mol. The Hall–Kier alpha value is -6.64. The number of aryl methyl sites for hydroxylation is 1. The molecule has 2 heteroatoms. The van der Waals surface area contributed by atoms with E-state index >= 15 is 0 Å². The number of rotatable bonds is 13. The van der Waals surface area contributed by atoms with Crippen molar-refractivity contribution in [2.75, 3.05) is 0 Å². The summed E-state index contributed by atoms with van der Waals surface area (Å²) < 4.78 is 0.